The number of hydrogen-bond acceptors (Lipinski definition) is 5. The lowest BCUT2D eigenvalue weighted by Crippen LogP contribution is -2.11. The second kappa shape index (κ2) is 5.76. The molecule has 1 N–H and O–H groups in total. The number of benzene rings is 1. The van der Waals surface area contributed by atoms with Gasteiger partial charge < -0.3 is 10.1 Å². The minimum atomic E-state index is 0.530. The van der Waals surface area contributed by atoms with E-state index in [9.17, 15) is 0 Å². The van der Waals surface area contributed by atoms with E-state index in [4.69, 9.17) is 21.3 Å². The smallest absolute Gasteiger partial charge is 0.215 e. The molecule has 0 radical (unpaired) electrons. The number of rotatable bonds is 2. The minimum absolute atomic E-state index is 0.530. The first-order valence-corrected chi connectivity index (χ1v) is 7.95. The zero-order valence-corrected chi connectivity index (χ0v) is 14.1. The first kappa shape index (κ1) is 14.9. The highest BCUT2D eigenvalue weighted by Crippen LogP contribution is 2.32. The fourth-order valence-corrected chi connectivity index (χ4v) is 3.02. The van der Waals surface area contributed by atoms with Gasteiger partial charge in [-0.15, -0.1) is 0 Å². The summed E-state index contributed by atoms with van der Waals surface area (Å²) < 4.78 is 5.25. The number of methoxy groups -OCH3 is 1. The molecule has 0 aliphatic carbocycles. The first-order valence-electron chi connectivity index (χ1n) is 7.57. The number of fused-ring (bicyclic) bond motifs is 2. The van der Waals surface area contributed by atoms with Crippen molar-refractivity contribution in [2.24, 2.45) is 9.98 Å². The van der Waals surface area contributed by atoms with Crippen LogP contribution in [0.3, 0.4) is 0 Å². The molecule has 24 heavy (non-hydrogen) atoms. The van der Waals surface area contributed by atoms with Gasteiger partial charge in [0, 0.05) is 28.4 Å². The Hall–Kier alpha value is -2.66. The van der Waals surface area contributed by atoms with Gasteiger partial charge in [0.25, 0.3) is 0 Å². The minimum Gasteiger partial charge on any atom is -0.481 e. The average Bonchev–Trinajstić information content (AvgIpc) is 2.85. The van der Waals surface area contributed by atoms with Gasteiger partial charge in [-0.3, -0.25) is 4.99 Å². The molecule has 2 aliphatic rings. The SMILES string of the molecule is COc1cc2c(cn1)C(c1ccccc1Cl)=NC1=C(C)CN=C1N2. The summed E-state index contributed by atoms with van der Waals surface area (Å²) >= 11 is 6.42. The van der Waals surface area contributed by atoms with Gasteiger partial charge in [-0.1, -0.05) is 29.8 Å². The molecule has 0 saturated carbocycles. The van der Waals surface area contributed by atoms with Crippen LogP contribution in [-0.4, -0.2) is 30.2 Å². The van der Waals surface area contributed by atoms with E-state index in [1.165, 1.54) is 0 Å². The number of anilines is 1. The molecular weight excluding hydrogens is 324 g/mol. The Morgan fingerprint density at radius 1 is 1.21 bits per heavy atom. The van der Waals surface area contributed by atoms with E-state index in [0.717, 1.165) is 39.6 Å². The number of nitrogens with zero attached hydrogens (tertiary/aromatic N) is 3. The summed E-state index contributed by atoms with van der Waals surface area (Å²) in [7, 11) is 1.59. The lowest BCUT2D eigenvalue weighted by molar-refractivity contribution is 0.398. The molecule has 2 aliphatic heterocycles. The molecule has 0 spiro atoms. The predicted molar refractivity (Wildman–Crippen MR) is 96.5 cm³/mol. The molecule has 0 unspecified atom stereocenters. The molecule has 0 bridgehead atoms. The number of aromatic nitrogens is 1. The number of aliphatic imine (C=N–C) groups is 2. The fraction of sp³-hybridized carbons (Fsp3) is 0.167. The maximum Gasteiger partial charge on any atom is 0.215 e. The number of amidine groups is 1. The Morgan fingerprint density at radius 2 is 2.04 bits per heavy atom. The van der Waals surface area contributed by atoms with Crippen molar-refractivity contribution in [3.8, 4) is 5.88 Å². The molecule has 0 amide bonds. The van der Waals surface area contributed by atoms with Crippen molar-refractivity contribution >= 4 is 28.8 Å². The summed E-state index contributed by atoms with van der Waals surface area (Å²) in [5, 5.41) is 4.01. The highest BCUT2D eigenvalue weighted by atomic mass is 35.5. The Bertz CT molecular complexity index is 930. The van der Waals surface area contributed by atoms with Crippen LogP contribution in [0.15, 0.2) is 57.8 Å². The van der Waals surface area contributed by atoms with Gasteiger partial charge in [0.2, 0.25) is 5.88 Å². The van der Waals surface area contributed by atoms with Crippen LogP contribution in [0.25, 0.3) is 0 Å². The van der Waals surface area contributed by atoms with Gasteiger partial charge in [-0.2, -0.15) is 0 Å². The summed E-state index contributed by atoms with van der Waals surface area (Å²) in [5.74, 6) is 1.30. The van der Waals surface area contributed by atoms with Crippen molar-refractivity contribution in [3.05, 3.63) is 63.9 Å². The maximum absolute atomic E-state index is 6.42. The predicted octanol–water partition coefficient (Wildman–Crippen LogP) is 3.69. The van der Waals surface area contributed by atoms with Crippen LogP contribution in [0.1, 0.15) is 18.1 Å². The highest BCUT2D eigenvalue weighted by molar-refractivity contribution is 6.36. The highest BCUT2D eigenvalue weighted by Gasteiger charge is 2.26. The number of pyridine rings is 1. The summed E-state index contributed by atoms with van der Waals surface area (Å²) in [5.41, 5.74) is 5.34. The molecule has 5 nitrogen and oxygen atoms in total. The van der Waals surface area contributed by atoms with Crippen LogP contribution in [0.4, 0.5) is 5.69 Å². The van der Waals surface area contributed by atoms with E-state index in [2.05, 4.69) is 15.3 Å². The molecule has 3 heterocycles. The number of ether oxygens (including phenoxy) is 1. The largest absolute Gasteiger partial charge is 0.481 e. The van der Waals surface area contributed by atoms with Crippen molar-refractivity contribution < 1.29 is 4.74 Å². The molecule has 0 fully saturated rings. The third kappa shape index (κ3) is 2.37. The van der Waals surface area contributed by atoms with E-state index < -0.39 is 0 Å². The quantitative estimate of drug-likeness (QED) is 0.908. The standard InChI is InChI=1S/C18H15ClN4O/c1-10-8-21-18-16(10)23-17(11-5-3-4-6-13(11)19)12-9-20-15(24-2)7-14(12)22-18/h3-7,9H,8H2,1-2H3,(H,21,22). The van der Waals surface area contributed by atoms with Crippen LogP contribution in [0, 0.1) is 0 Å². The van der Waals surface area contributed by atoms with E-state index in [1.54, 1.807) is 13.3 Å². The molecule has 6 heteroatoms. The van der Waals surface area contributed by atoms with Crippen LogP contribution in [-0.2, 0) is 0 Å². The van der Waals surface area contributed by atoms with Gasteiger partial charge in [-0.25, -0.2) is 9.98 Å². The zero-order valence-electron chi connectivity index (χ0n) is 13.3. The molecule has 0 saturated heterocycles. The van der Waals surface area contributed by atoms with Crippen molar-refractivity contribution in [1.82, 2.24) is 4.98 Å². The van der Waals surface area contributed by atoms with Crippen LogP contribution in [0.2, 0.25) is 5.02 Å². The molecule has 1 aromatic heterocycles. The van der Waals surface area contributed by atoms with Gasteiger partial charge in [0.05, 0.1) is 25.1 Å². The van der Waals surface area contributed by atoms with Crippen LogP contribution < -0.4 is 10.1 Å². The number of hydrogen-bond donors (Lipinski definition) is 1. The Balaban J connectivity index is 1.99. The van der Waals surface area contributed by atoms with E-state index >= 15 is 0 Å². The lowest BCUT2D eigenvalue weighted by Gasteiger charge is -2.12. The zero-order chi connectivity index (χ0) is 16.7. The molecular formula is C18H15ClN4O. The second-order valence-electron chi connectivity index (χ2n) is 5.63. The summed E-state index contributed by atoms with van der Waals surface area (Å²) in [4.78, 5) is 13.7. The van der Waals surface area contributed by atoms with Gasteiger partial charge in [0.1, 0.15) is 5.70 Å². The molecule has 120 valence electrons. The van der Waals surface area contributed by atoms with Crippen LogP contribution >= 0.6 is 11.6 Å². The van der Waals surface area contributed by atoms with Crippen molar-refractivity contribution in [2.45, 2.75) is 6.92 Å². The normalized spacial score (nSPS) is 15.8. The third-order valence-corrected chi connectivity index (χ3v) is 4.38. The van der Waals surface area contributed by atoms with Crippen LogP contribution in [0.5, 0.6) is 5.88 Å². The summed E-state index contributed by atoms with van der Waals surface area (Å²) in [6.45, 7) is 2.69. The Morgan fingerprint density at radius 3 is 2.83 bits per heavy atom. The van der Waals surface area contributed by atoms with Crippen molar-refractivity contribution in [1.29, 1.82) is 0 Å². The van der Waals surface area contributed by atoms with E-state index in [-0.39, 0.29) is 0 Å². The summed E-state index contributed by atoms with van der Waals surface area (Å²) in [6, 6.07) is 9.52. The Labute approximate surface area is 144 Å². The fourth-order valence-electron chi connectivity index (χ4n) is 2.79. The molecule has 2 aromatic rings. The third-order valence-electron chi connectivity index (χ3n) is 4.05. The van der Waals surface area contributed by atoms with Gasteiger partial charge in [-0.05, 0) is 18.6 Å². The molecule has 1 aromatic carbocycles. The second-order valence-corrected chi connectivity index (χ2v) is 6.04. The van der Waals surface area contributed by atoms with Crippen molar-refractivity contribution in [2.75, 3.05) is 19.0 Å². The van der Waals surface area contributed by atoms with Gasteiger partial charge >= 0.3 is 0 Å². The first-order chi connectivity index (χ1) is 11.7. The maximum atomic E-state index is 6.42. The van der Waals surface area contributed by atoms with Gasteiger partial charge in [0.15, 0.2) is 5.84 Å². The topological polar surface area (TPSA) is 58.9 Å². The number of nitrogens with one attached hydrogen (secondary N) is 1. The molecule has 0 atom stereocenters. The lowest BCUT2D eigenvalue weighted by atomic mass is 10.0. The van der Waals surface area contributed by atoms with E-state index in [0.29, 0.717) is 17.4 Å². The molecule has 4 rings (SSSR count). The van der Waals surface area contributed by atoms with E-state index in [1.807, 2.05) is 37.3 Å². The monoisotopic (exact) mass is 338 g/mol. The Kier molecular flexibility index (Phi) is 3.58. The summed E-state index contributed by atoms with van der Waals surface area (Å²) in [6.07, 6.45) is 1.75. The average molecular weight is 339 g/mol. The van der Waals surface area contributed by atoms with Crippen molar-refractivity contribution in [3.63, 3.8) is 0 Å². The number of halogens is 1.